The zero-order valence-corrected chi connectivity index (χ0v) is 31.6. The molecule has 1 heterocycles. The SMILES string of the molecule is c1ccc(-c2ccc(N(c3ccccc3)c3ccc4c(c3)-c3ccc(-c5nc(-c6ccc7ccccc7c6)nc(-c6ccc7ccccc7c6)n5)cc3C4)cc2)cc1. The van der Waals surface area contributed by atoms with Crippen LogP contribution in [0.1, 0.15) is 11.1 Å². The van der Waals surface area contributed by atoms with E-state index >= 15 is 0 Å². The first-order valence-electron chi connectivity index (χ1n) is 19.7. The average Bonchev–Trinajstić information content (AvgIpc) is 3.67. The summed E-state index contributed by atoms with van der Waals surface area (Å²) in [7, 11) is 0. The molecule has 0 spiro atoms. The minimum absolute atomic E-state index is 0.658. The highest BCUT2D eigenvalue weighted by atomic mass is 15.1. The summed E-state index contributed by atoms with van der Waals surface area (Å²) < 4.78 is 0. The lowest BCUT2D eigenvalue weighted by molar-refractivity contribution is 1.07. The monoisotopic (exact) mass is 740 g/mol. The molecule has 0 saturated carbocycles. The Bertz CT molecular complexity index is 3040. The van der Waals surface area contributed by atoms with E-state index in [2.05, 4.69) is 211 Å². The lowest BCUT2D eigenvalue weighted by atomic mass is 10.0. The van der Waals surface area contributed by atoms with Crippen LogP contribution in [0.15, 0.2) is 206 Å². The molecule has 4 nitrogen and oxygen atoms in total. The van der Waals surface area contributed by atoms with Gasteiger partial charge in [0.1, 0.15) is 0 Å². The normalized spacial score (nSPS) is 11.7. The van der Waals surface area contributed by atoms with Crippen LogP contribution in [0.2, 0.25) is 0 Å². The molecule has 1 aliphatic carbocycles. The lowest BCUT2D eigenvalue weighted by Crippen LogP contribution is -2.10. The topological polar surface area (TPSA) is 41.9 Å². The summed E-state index contributed by atoms with van der Waals surface area (Å²) in [5.41, 5.74) is 13.7. The highest BCUT2D eigenvalue weighted by molar-refractivity contribution is 5.89. The maximum Gasteiger partial charge on any atom is 0.164 e. The van der Waals surface area contributed by atoms with Crippen molar-refractivity contribution in [3.05, 3.63) is 217 Å². The second kappa shape index (κ2) is 14.1. The summed E-state index contributed by atoms with van der Waals surface area (Å²) in [6, 6.07) is 73.2. The number of rotatable bonds is 7. The Labute approximate surface area is 337 Å². The van der Waals surface area contributed by atoms with Gasteiger partial charge in [0.15, 0.2) is 17.5 Å². The number of anilines is 3. The van der Waals surface area contributed by atoms with Gasteiger partial charge in [-0.05, 0) is 116 Å². The van der Waals surface area contributed by atoms with Crippen LogP contribution in [0.3, 0.4) is 0 Å². The van der Waals surface area contributed by atoms with E-state index < -0.39 is 0 Å². The summed E-state index contributed by atoms with van der Waals surface area (Å²) in [5.74, 6) is 1.98. The zero-order valence-electron chi connectivity index (χ0n) is 31.6. The molecule has 0 atom stereocenters. The van der Waals surface area contributed by atoms with Gasteiger partial charge in [-0.25, -0.2) is 15.0 Å². The van der Waals surface area contributed by atoms with Crippen molar-refractivity contribution in [1.29, 1.82) is 0 Å². The quantitative estimate of drug-likeness (QED) is 0.163. The van der Waals surface area contributed by atoms with Crippen LogP contribution in [0.25, 0.3) is 78.0 Å². The second-order valence-electron chi connectivity index (χ2n) is 14.9. The van der Waals surface area contributed by atoms with Crippen molar-refractivity contribution in [2.75, 3.05) is 4.90 Å². The minimum atomic E-state index is 0.658. The summed E-state index contributed by atoms with van der Waals surface area (Å²) in [5, 5.41) is 4.67. The van der Waals surface area contributed by atoms with Crippen LogP contribution in [0.4, 0.5) is 17.1 Å². The smallest absolute Gasteiger partial charge is 0.164 e. The van der Waals surface area contributed by atoms with Crippen LogP contribution in [-0.2, 0) is 6.42 Å². The molecule has 0 aliphatic heterocycles. The fraction of sp³-hybridized carbons (Fsp3) is 0.0185. The van der Waals surface area contributed by atoms with Gasteiger partial charge >= 0.3 is 0 Å². The van der Waals surface area contributed by atoms with Crippen molar-refractivity contribution < 1.29 is 0 Å². The Hall–Kier alpha value is -7.69. The predicted octanol–water partition coefficient (Wildman–Crippen LogP) is 13.9. The van der Waals surface area contributed by atoms with E-state index in [0.29, 0.717) is 17.5 Å². The molecule has 0 N–H and O–H groups in total. The van der Waals surface area contributed by atoms with Gasteiger partial charge in [-0.2, -0.15) is 0 Å². The van der Waals surface area contributed by atoms with E-state index in [-0.39, 0.29) is 0 Å². The summed E-state index contributed by atoms with van der Waals surface area (Å²) in [6.45, 7) is 0. The Morgan fingerprint density at radius 3 is 1.38 bits per heavy atom. The third kappa shape index (κ3) is 6.18. The maximum atomic E-state index is 5.14. The van der Waals surface area contributed by atoms with Gasteiger partial charge in [0, 0.05) is 33.8 Å². The number of benzene rings is 9. The summed E-state index contributed by atoms with van der Waals surface area (Å²) in [4.78, 5) is 17.7. The molecular formula is C54H36N4. The van der Waals surface area contributed by atoms with Crippen LogP contribution < -0.4 is 4.90 Å². The van der Waals surface area contributed by atoms with Gasteiger partial charge in [0.05, 0.1) is 0 Å². The summed E-state index contributed by atoms with van der Waals surface area (Å²) >= 11 is 0. The van der Waals surface area contributed by atoms with Gasteiger partial charge < -0.3 is 4.90 Å². The van der Waals surface area contributed by atoms with Crippen molar-refractivity contribution in [3.8, 4) is 56.4 Å². The molecule has 11 rings (SSSR count). The molecule has 1 aromatic heterocycles. The Balaban J connectivity index is 0.984. The van der Waals surface area contributed by atoms with Crippen LogP contribution in [-0.4, -0.2) is 15.0 Å². The van der Waals surface area contributed by atoms with Crippen molar-refractivity contribution in [2.24, 2.45) is 0 Å². The second-order valence-corrected chi connectivity index (χ2v) is 14.9. The first-order chi connectivity index (χ1) is 28.7. The van der Waals surface area contributed by atoms with E-state index in [1.165, 1.54) is 44.2 Å². The number of para-hydroxylation sites is 1. The summed E-state index contributed by atoms with van der Waals surface area (Å²) in [6.07, 6.45) is 0.843. The Morgan fingerprint density at radius 1 is 0.293 bits per heavy atom. The lowest BCUT2D eigenvalue weighted by Gasteiger charge is -2.26. The molecule has 0 fully saturated rings. The average molecular weight is 741 g/mol. The van der Waals surface area contributed by atoms with E-state index in [1.807, 2.05) is 0 Å². The van der Waals surface area contributed by atoms with Crippen LogP contribution >= 0.6 is 0 Å². The van der Waals surface area contributed by atoms with E-state index in [0.717, 1.165) is 50.9 Å². The van der Waals surface area contributed by atoms with E-state index in [1.54, 1.807) is 0 Å². The molecule has 0 saturated heterocycles. The van der Waals surface area contributed by atoms with Crippen molar-refractivity contribution in [1.82, 2.24) is 15.0 Å². The van der Waals surface area contributed by atoms with Crippen molar-refractivity contribution in [3.63, 3.8) is 0 Å². The molecule has 0 unspecified atom stereocenters. The zero-order chi connectivity index (χ0) is 38.4. The first-order valence-corrected chi connectivity index (χ1v) is 19.7. The van der Waals surface area contributed by atoms with Gasteiger partial charge in [-0.3, -0.25) is 0 Å². The molecular weight excluding hydrogens is 705 g/mol. The standard InChI is InChI=1S/C54H36N4/c1-3-11-36(12-4-1)39-23-27-48(28-24-39)58(47-17-5-2-6-18-47)49-29-25-42-33-46-34-45(26-30-50(46)51(42)35-49)54-56-52(43-21-19-37-13-7-9-15-40(37)31-43)55-53(57-54)44-22-20-38-14-8-10-16-41(38)32-44/h1-32,34-35H,33H2. The predicted molar refractivity (Wildman–Crippen MR) is 240 cm³/mol. The molecule has 10 aromatic rings. The highest BCUT2D eigenvalue weighted by Gasteiger charge is 2.23. The number of fused-ring (bicyclic) bond motifs is 5. The van der Waals surface area contributed by atoms with Crippen LogP contribution in [0, 0.1) is 0 Å². The fourth-order valence-corrected chi connectivity index (χ4v) is 8.33. The third-order valence-electron chi connectivity index (χ3n) is 11.3. The third-order valence-corrected chi connectivity index (χ3v) is 11.3. The Morgan fingerprint density at radius 2 is 0.759 bits per heavy atom. The molecule has 58 heavy (non-hydrogen) atoms. The molecule has 0 radical (unpaired) electrons. The van der Waals surface area contributed by atoms with E-state index in [9.17, 15) is 0 Å². The van der Waals surface area contributed by atoms with Gasteiger partial charge in [-0.1, -0.05) is 152 Å². The molecule has 272 valence electrons. The van der Waals surface area contributed by atoms with Crippen molar-refractivity contribution in [2.45, 2.75) is 6.42 Å². The van der Waals surface area contributed by atoms with E-state index in [4.69, 9.17) is 15.0 Å². The highest BCUT2D eigenvalue weighted by Crippen LogP contribution is 2.43. The number of aromatic nitrogens is 3. The molecule has 9 aromatic carbocycles. The Kier molecular flexibility index (Phi) is 8.18. The van der Waals surface area contributed by atoms with Gasteiger partial charge in [0.25, 0.3) is 0 Å². The van der Waals surface area contributed by atoms with Crippen molar-refractivity contribution >= 4 is 38.6 Å². The number of hydrogen-bond acceptors (Lipinski definition) is 4. The largest absolute Gasteiger partial charge is 0.310 e. The molecule has 0 bridgehead atoms. The first kappa shape index (κ1) is 33.6. The number of nitrogens with zero attached hydrogens (tertiary/aromatic N) is 4. The van der Waals surface area contributed by atoms with Gasteiger partial charge in [-0.15, -0.1) is 0 Å². The fourth-order valence-electron chi connectivity index (χ4n) is 8.33. The molecule has 0 amide bonds. The van der Waals surface area contributed by atoms with Gasteiger partial charge in [0.2, 0.25) is 0 Å². The maximum absolute atomic E-state index is 5.14. The number of hydrogen-bond donors (Lipinski definition) is 0. The molecule has 4 heteroatoms. The molecule has 1 aliphatic rings. The van der Waals surface area contributed by atoms with Crippen LogP contribution in [0.5, 0.6) is 0 Å². The minimum Gasteiger partial charge on any atom is -0.310 e.